The van der Waals surface area contributed by atoms with Gasteiger partial charge in [0.1, 0.15) is 12.4 Å². The van der Waals surface area contributed by atoms with Crippen molar-refractivity contribution in [1.29, 1.82) is 0 Å². The van der Waals surface area contributed by atoms with Gasteiger partial charge in [-0.3, -0.25) is 9.59 Å². The maximum Gasteiger partial charge on any atom is 0.243 e. The van der Waals surface area contributed by atoms with Crippen molar-refractivity contribution in [2.45, 2.75) is 20.8 Å². The van der Waals surface area contributed by atoms with Crippen LogP contribution in [-0.2, 0) is 4.79 Å². The number of anilines is 2. The summed E-state index contributed by atoms with van der Waals surface area (Å²) in [7, 11) is 0. The molecule has 5 nitrogen and oxygen atoms in total. The van der Waals surface area contributed by atoms with Crippen molar-refractivity contribution in [1.82, 2.24) is 0 Å². The normalized spacial score (nSPS) is 13.0. The van der Waals surface area contributed by atoms with Crippen LogP contribution in [-0.4, -0.2) is 31.4 Å². The highest BCUT2D eigenvalue weighted by atomic mass is 16.5. The van der Waals surface area contributed by atoms with E-state index in [4.69, 9.17) is 4.74 Å². The molecule has 25 heavy (non-hydrogen) atoms. The molecule has 5 heteroatoms. The minimum absolute atomic E-state index is 0.00633. The van der Waals surface area contributed by atoms with Crippen molar-refractivity contribution in [2.24, 2.45) is 0 Å². The highest BCUT2D eigenvalue weighted by molar-refractivity contribution is 5.97. The SMILES string of the molecule is CC(=O)c1ccc2c(c1)N(CC(=O)Nc1cc(C)ccc1C)CCO2. The third kappa shape index (κ3) is 3.82. The van der Waals surface area contributed by atoms with E-state index in [0.29, 0.717) is 24.5 Å². The van der Waals surface area contributed by atoms with Gasteiger partial charge in [-0.15, -0.1) is 0 Å². The van der Waals surface area contributed by atoms with Gasteiger partial charge in [0.05, 0.1) is 18.8 Å². The van der Waals surface area contributed by atoms with E-state index in [2.05, 4.69) is 5.32 Å². The summed E-state index contributed by atoms with van der Waals surface area (Å²) in [6.07, 6.45) is 0. The molecule has 1 aliphatic rings. The molecule has 0 aliphatic carbocycles. The van der Waals surface area contributed by atoms with Gasteiger partial charge in [0, 0.05) is 11.3 Å². The third-order valence-electron chi connectivity index (χ3n) is 4.33. The van der Waals surface area contributed by atoms with Gasteiger partial charge in [-0.05, 0) is 56.2 Å². The van der Waals surface area contributed by atoms with Crippen LogP contribution >= 0.6 is 0 Å². The van der Waals surface area contributed by atoms with Gasteiger partial charge in [-0.25, -0.2) is 0 Å². The van der Waals surface area contributed by atoms with Crippen LogP contribution in [0.2, 0.25) is 0 Å². The van der Waals surface area contributed by atoms with Crippen LogP contribution in [0.25, 0.3) is 0 Å². The molecular formula is C20H22N2O3. The topological polar surface area (TPSA) is 58.6 Å². The van der Waals surface area contributed by atoms with Crippen LogP contribution in [0.5, 0.6) is 5.75 Å². The van der Waals surface area contributed by atoms with E-state index in [1.807, 2.05) is 36.9 Å². The van der Waals surface area contributed by atoms with Crippen molar-refractivity contribution in [2.75, 3.05) is 29.9 Å². The fourth-order valence-corrected chi connectivity index (χ4v) is 2.89. The van der Waals surface area contributed by atoms with Crippen molar-refractivity contribution in [3.63, 3.8) is 0 Å². The quantitative estimate of drug-likeness (QED) is 0.869. The number of rotatable bonds is 4. The minimum atomic E-state index is -0.0882. The molecule has 0 aromatic heterocycles. The van der Waals surface area contributed by atoms with Crippen molar-refractivity contribution >= 4 is 23.1 Å². The van der Waals surface area contributed by atoms with E-state index < -0.39 is 0 Å². The Morgan fingerprint density at radius 2 is 1.96 bits per heavy atom. The van der Waals surface area contributed by atoms with E-state index in [0.717, 1.165) is 22.5 Å². The number of nitrogens with zero attached hydrogens (tertiary/aromatic N) is 1. The first-order valence-corrected chi connectivity index (χ1v) is 8.34. The van der Waals surface area contributed by atoms with Crippen LogP contribution in [0.1, 0.15) is 28.4 Å². The van der Waals surface area contributed by atoms with E-state index in [-0.39, 0.29) is 18.2 Å². The molecule has 130 valence electrons. The number of carbonyl (C=O) groups is 2. The second-order valence-electron chi connectivity index (χ2n) is 6.38. The molecule has 0 unspecified atom stereocenters. The molecule has 2 aromatic rings. The number of fused-ring (bicyclic) bond motifs is 1. The molecular weight excluding hydrogens is 316 g/mol. The van der Waals surface area contributed by atoms with Gasteiger partial charge in [-0.2, -0.15) is 0 Å². The van der Waals surface area contributed by atoms with Gasteiger partial charge in [0.2, 0.25) is 5.91 Å². The predicted octanol–water partition coefficient (Wildman–Crippen LogP) is 3.34. The number of hydrogen-bond donors (Lipinski definition) is 1. The first-order chi connectivity index (χ1) is 11.9. The molecule has 1 heterocycles. The number of ketones is 1. The lowest BCUT2D eigenvalue weighted by atomic mass is 10.1. The van der Waals surface area contributed by atoms with Gasteiger partial charge in [0.15, 0.2) is 5.78 Å². The molecule has 1 aliphatic heterocycles. The Labute approximate surface area is 147 Å². The fraction of sp³-hybridized carbons (Fsp3) is 0.300. The molecule has 0 saturated heterocycles. The minimum Gasteiger partial charge on any atom is -0.490 e. The molecule has 1 N–H and O–H groups in total. The summed E-state index contributed by atoms with van der Waals surface area (Å²) < 4.78 is 5.64. The second-order valence-corrected chi connectivity index (χ2v) is 6.38. The van der Waals surface area contributed by atoms with E-state index in [9.17, 15) is 9.59 Å². The van der Waals surface area contributed by atoms with E-state index in [1.165, 1.54) is 6.92 Å². The lowest BCUT2D eigenvalue weighted by Crippen LogP contribution is -2.39. The van der Waals surface area contributed by atoms with Crippen LogP contribution in [0.4, 0.5) is 11.4 Å². The lowest BCUT2D eigenvalue weighted by Gasteiger charge is -2.31. The number of hydrogen-bond acceptors (Lipinski definition) is 4. The number of Topliss-reactive ketones (excluding diaryl/α,β-unsaturated/α-hetero) is 1. The highest BCUT2D eigenvalue weighted by Crippen LogP contribution is 2.32. The smallest absolute Gasteiger partial charge is 0.243 e. The first-order valence-electron chi connectivity index (χ1n) is 8.34. The van der Waals surface area contributed by atoms with Gasteiger partial charge >= 0.3 is 0 Å². The lowest BCUT2D eigenvalue weighted by molar-refractivity contribution is -0.115. The van der Waals surface area contributed by atoms with E-state index in [1.54, 1.807) is 18.2 Å². The Bertz CT molecular complexity index is 830. The summed E-state index contributed by atoms with van der Waals surface area (Å²) in [5.74, 6) is 0.610. The molecule has 0 bridgehead atoms. The zero-order valence-electron chi connectivity index (χ0n) is 14.8. The maximum atomic E-state index is 12.5. The van der Waals surface area contributed by atoms with Crippen molar-refractivity contribution in [3.8, 4) is 5.75 Å². The zero-order chi connectivity index (χ0) is 18.0. The molecule has 0 spiro atoms. The standard InChI is InChI=1S/C20H22N2O3/c1-13-4-5-14(2)17(10-13)21-20(24)12-22-8-9-25-19-7-6-16(15(3)23)11-18(19)22/h4-7,10-11H,8-9,12H2,1-3H3,(H,21,24). The summed E-state index contributed by atoms with van der Waals surface area (Å²) in [5.41, 5.74) is 4.36. The predicted molar refractivity (Wildman–Crippen MR) is 98.7 cm³/mol. The van der Waals surface area contributed by atoms with Crippen molar-refractivity contribution < 1.29 is 14.3 Å². The Morgan fingerprint density at radius 3 is 2.72 bits per heavy atom. The Kier molecular flexibility index (Phi) is 4.74. The van der Waals surface area contributed by atoms with Crippen LogP contribution < -0.4 is 15.0 Å². The molecule has 2 aromatic carbocycles. The molecule has 0 atom stereocenters. The summed E-state index contributed by atoms with van der Waals surface area (Å²) in [6.45, 7) is 6.83. The number of amides is 1. The first kappa shape index (κ1) is 17.0. The van der Waals surface area contributed by atoms with E-state index >= 15 is 0 Å². The van der Waals surface area contributed by atoms with Gasteiger partial charge in [0.25, 0.3) is 0 Å². The number of benzene rings is 2. The molecule has 3 rings (SSSR count). The van der Waals surface area contributed by atoms with Gasteiger partial charge in [-0.1, -0.05) is 12.1 Å². The average Bonchev–Trinajstić information content (AvgIpc) is 2.58. The highest BCUT2D eigenvalue weighted by Gasteiger charge is 2.21. The largest absolute Gasteiger partial charge is 0.490 e. The average molecular weight is 338 g/mol. The summed E-state index contributed by atoms with van der Waals surface area (Å²) in [4.78, 5) is 26.1. The van der Waals surface area contributed by atoms with Crippen LogP contribution in [0.15, 0.2) is 36.4 Å². The maximum absolute atomic E-state index is 12.5. The fourth-order valence-electron chi connectivity index (χ4n) is 2.89. The Balaban J connectivity index is 1.77. The Hall–Kier alpha value is -2.82. The third-order valence-corrected chi connectivity index (χ3v) is 4.33. The van der Waals surface area contributed by atoms with Crippen LogP contribution in [0.3, 0.4) is 0 Å². The Morgan fingerprint density at radius 1 is 1.16 bits per heavy atom. The monoisotopic (exact) mass is 338 g/mol. The molecule has 0 radical (unpaired) electrons. The van der Waals surface area contributed by atoms with Crippen molar-refractivity contribution in [3.05, 3.63) is 53.1 Å². The number of nitrogens with one attached hydrogen (secondary N) is 1. The molecule has 0 fully saturated rings. The molecule has 0 saturated carbocycles. The van der Waals surface area contributed by atoms with Crippen LogP contribution in [0, 0.1) is 13.8 Å². The zero-order valence-corrected chi connectivity index (χ0v) is 14.8. The number of ether oxygens (including phenoxy) is 1. The summed E-state index contributed by atoms with van der Waals surface area (Å²) >= 11 is 0. The summed E-state index contributed by atoms with van der Waals surface area (Å²) in [6, 6.07) is 11.3. The summed E-state index contributed by atoms with van der Waals surface area (Å²) in [5, 5.41) is 2.98. The van der Waals surface area contributed by atoms with Gasteiger partial charge < -0.3 is 15.0 Å². The molecule has 1 amide bonds. The second kappa shape index (κ2) is 6.97. The number of aryl methyl sites for hydroxylation is 2. The number of carbonyl (C=O) groups excluding carboxylic acids is 2.